The fourth-order valence-corrected chi connectivity index (χ4v) is 24.1. The van der Waals surface area contributed by atoms with Gasteiger partial charge < -0.3 is 33.3 Å². The number of benzene rings is 21. The topological polar surface area (TPSA) is 27.8 Å². The van der Waals surface area contributed by atoms with E-state index < -0.39 is 0 Å². The smallest absolute Gasteiger partial charge is 0.0541 e. The van der Waals surface area contributed by atoms with Crippen LogP contribution in [0.4, 0.5) is 68.2 Å². The molecule has 0 spiro atoms. The summed E-state index contributed by atoms with van der Waals surface area (Å²) in [6.07, 6.45) is 0. The molecule has 0 unspecified atom stereocenters. The molecule has 0 bridgehead atoms. The van der Waals surface area contributed by atoms with Crippen molar-refractivity contribution in [1.82, 2.24) is 13.7 Å². The number of thiophene rings is 3. The van der Waals surface area contributed by atoms with Gasteiger partial charge in [0.05, 0.1) is 33.1 Å². The van der Waals surface area contributed by atoms with E-state index in [1.807, 2.05) is 34.0 Å². The van der Waals surface area contributed by atoms with Crippen molar-refractivity contribution in [1.29, 1.82) is 0 Å². The van der Waals surface area contributed by atoms with E-state index in [0.29, 0.717) is 0 Å². The van der Waals surface area contributed by atoms with Crippen LogP contribution >= 0.6 is 34.0 Å². The van der Waals surface area contributed by atoms with Gasteiger partial charge in [0.1, 0.15) is 0 Å². The zero-order chi connectivity index (χ0) is 98.2. The standard InChI is InChI=1S/C80H54N4S2.C58H41N3S/c1-3-15-57(16-4-1)77-51-53-79(85-77)59-31-39-63(40-32-59)81(64-41-33-60(34-42-64)80-54-52-78(86-80)58-17-5-2-6-18-58)61-35-27-55(28-36-61)56-29-37-62(38-30-56)82(65-43-47-67(48-44-65)83-73-23-11-7-19-69(73)70-20-8-12-24-74(70)83)66-45-49-68(50-46-66)84-75-25-13-9-21-71(75)72-22-10-14-26-76(72)84;1-4-14-44(15-5-1)57-40-41-58(62-57)45-28-34-50(35-29-45)60(51-36-38-52(39-37-51)61-55-22-12-10-20-53(55)54-21-11-13-23-56(54)61)49-32-26-43(27-33-49)42-24-30-48(31-25-42)59(46-16-6-2-7-17-46)47-18-8-3-9-19-47/h1-54H;1-41H. The van der Waals surface area contributed by atoms with E-state index in [2.05, 4.69) is 610 Å². The number of hydrogen-bond acceptors (Lipinski definition) is 7. The van der Waals surface area contributed by atoms with Gasteiger partial charge in [-0.2, -0.15) is 0 Å². The Hall–Kier alpha value is -18.7. The molecule has 0 atom stereocenters. The molecule has 21 aromatic carbocycles. The van der Waals surface area contributed by atoms with Gasteiger partial charge in [-0.05, 0) is 310 Å². The van der Waals surface area contributed by atoms with Crippen molar-refractivity contribution in [2.24, 2.45) is 0 Å². The molecule has 0 N–H and O–H groups in total. The molecule has 700 valence electrons. The van der Waals surface area contributed by atoms with Gasteiger partial charge in [0.15, 0.2) is 0 Å². The van der Waals surface area contributed by atoms with Crippen molar-refractivity contribution in [2.75, 3.05) is 19.6 Å². The molecule has 0 aliphatic heterocycles. The highest BCUT2D eigenvalue weighted by Gasteiger charge is 2.24. The maximum absolute atomic E-state index is 2.38. The van der Waals surface area contributed by atoms with E-state index in [4.69, 9.17) is 0 Å². The highest BCUT2D eigenvalue weighted by atomic mass is 32.1. The second kappa shape index (κ2) is 39.6. The van der Waals surface area contributed by atoms with Gasteiger partial charge in [0.25, 0.3) is 0 Å². The molecule has 0 saturated heterocycles. The lowest BCUT2D eigenvalue weighted by atomic mass is 10.0. The molecule has 148 heavy (non-hydrogen) atoms. The van der Waals surface area contributed by atoms with Crippen LogP contribution in [0.15, 0.2) is 576 Å². The molecule has 6 heterocycles. The van der Waals surface area contributed by atoms with Crippen molar-refractivity contribution in [3.05, 3.63) is 576 Å². The highest BCUT2D eigenvalue weighted by molar-refractivity contribution is 7.19. The molecule has 0 aliphatic carbocycles. The summed E-state index contributed by atoms with van der Waals surface area (Å²) in [4.78, 5) is 16.9. The third-order valence-corrected chi connectivity index (χ3v) is 31.8. The van der Waals surface area contributed by atoms with Crippen molar-refractivity contribution >= 4 is 168 Å². The molecule has 7 nitrogen and oxygen atoms in total. The highest BCUT2D eigenvalue weighted by Crippen LogP contribution is 2.48. The molecule has 0 saturated carbocycles. The number of rotatable bonds is 23. The van der Waals surface area contributed by atoms with E-state index in [1.165, 1.54) is 134 Å². The van der Waals surface area contributed by atoms with Crippen LogP contribution < -0.4 is 19.6 Å². The van der Waals surface area contributed by atoms with Crippen LogP contribution in [-0.2, 0) is 0 Å². The minimum atomic E-state index is 1.07. The molecular formula is C138H95N7S3. The van der Waals surface area contributed by atoms with E-state index in [0.717, 1.165) is 102 Å². The van der Waals surface area contributed by atoms with Crippen LogP contribution in [0.2, 0.25) is 0 Å². The SMILES string of the molecule is c1ccc(-c2ccc(-c3ccc(N(c4ccc(-c5ccc(N(c6ccc(-n7c8ccccc8c8ccccc87)cc6)c6ccc(-n7c8ccccc8c8ccccc87)cc6)cc5)cc4)c4ccc(-c5ccc(-c6ccccc6)s5)cc4)cc3)s2)cc1.c1ccc(-c2ccc(-c3ccc(N(c4ccc(-c5ccc(N(c6ccccc6)c6ccccc6)cc5)cc4)c4ccc(-n5c6ccccc6c6ccccc65)cc4)cc3)s2)cc1. The van der Waals surface area contributed by atoms with Gasteiger partial charge in [-0.1, -0.05) is 322 Å². The number of hydrogen-bond donors (Lipinski definition) is 0. The van der Waals surface area contributed by atoms with Gasteiger partial charge in [-0.25, -0.2) is 0 Å². The maximum atomic E-state index is 2.38. The van der Waals surface area contributed by atoms with Crippen molar-refractivity contribution in [3.63, 3.8) is 0 Å². The molecule has 0 fully saturated rings. The van der Waals surface area contributed by atoms with E-state index in [9.17, 15) is 0 Å². The third-order valence-electron chi connectivity index (χ3n) is 28.3. The monoisotopic (exact) mass is 1950 g/mol. The maximum Gasteiger partial charge on any atom is 0.0541 e. The summed E-state index contributed by atoms with van der Waals surface area (Å²) >= 11 is 5.49. The molecular weight excluding hydrogens is 1850 g/mol. The summed E-state index contributed by atoms with van der Waals surface area (Å²) in [5.41, 5.74) is 35.6. The molecule has 10 heteroatoms. The zero-order valence-corrected chi connectivity index (χ0v) is 83.2. The van der Waals surface area contributed by atoms with Crippen molar-refractivity contribution in [3.8, 4) is 102 Å². The number of anilines is 12. The summed E-state index contributed by atoms with van der Waals surface area (Å²) in [6.45, 7) is 0. The molecule has 0 radical (unpaired) electrons. The van der Waals surface area contributed by atoms with E-state index in [-0.39, 0.29) is 0 Å². The van der Waals surface area contributed by atoms with Crippen molar-refractivity contribution in [2.45, 2.75) is 0 Å². The van der Waals surface area contributed by atoms with Crippen LogP contribution in [0.25, 0.3) is 167 Å². The van der Waals surface area contributed by atoms with Crippen LogP contribution in [0.5, 0.6) is 0 Å². The Balaban J connectivity index is 0.000000158. The summed E-state index contributed by atoms with van der Waals surface area (Å²) in [5.74, 6) is 0. The molecule has 27 aromatic rings. The zero-order valence-electron chi connectivity index (χ0n) is 80.7. The molecule has 0 aliphatic rings. The fraction of sp³-hybridized carbons (Fsp3) is 0. The first kappa shape index (κ1) is 89.4. The first-order valence-electron chi connectivity index (χ1n) is 50.1. The molecule has 6 aromatic heterocycles. The van der Waals surface area contributed by atoms with Crippen molar-refractivity contribution < 1.29 is 0 Å². The molecule has 27 rings (SSSR count). The lowest BCUT2D eigenvalue weighted by molar-refractivity contribution is 1.17. The Morgan fingerprint density at radius 1 is 0.108 bits per heavy atom. The number of fused-ring (bicyclic) bond motifs is 9. The lowest BCUT2D eigenvalue weighted by Gasteiger charge is -2.27. The Labute approximate surface area is 872 Å². The third kappa shape index (κ3) is 17.3. The Morgan fingerprint density at radius 2 is 0.243 bits per heavy atom. The second-order valence-corrected chi connectivity index (χ2v) is 40.3. The minimum absolute atomic E-state index is 1.07. The summed E-state index contributed by atoms with van der Waals surface area (Å²) in [7, 11) is 0. The molecule has 0 amide bonds. The summed E-state index contributed by atoms with van der Waals surface area (Å²) in [5, 5.41) is 7.52. The summed E-state index contributed by atoms with van der Waals surface area (Å²) in [6, 6.07) is 209. The average Bonchev–Trinajstić information content (AvgIpc) is 1.60. The lowest BCUT2D eigenvalue weighted by Crippen LogP contribution is -2.10. The largest absolute Gasteiger partial charge is 0.311 e. The number of para-hydroxylation sites is 8. The van der Waals surface area contributed by atoms with Gasteiger partial charge in [-0.15, -0.1) is 34.0 Å². The van der Waals surface area contributed by atoms with E-state index >= 15 is 0 Å². The first-order valence-corrected chi connectivity index (χ1v) is 52.6. The predicted molar refractivity (Wildman–Crippen MR) is 632 cm³/mol. The van der Waals surface area contributed by atoms with E-state index in [1.54, 1.807) is 0 Å². The van der Waals surface area contributed by atoms with Crippen LogP contribution in [0, 0.1) is 0 Å². The Kier molecular flexibility index (Phi) is 23.9. The average molecular weight is 1950 g/mol. The number of aromatic nitrogens is 3. The van der Waals surface area contributed by atoms with Gasteiger partial charge in [-0.3, -0.25) is 0 Å². The first-order chi connectivity index (χ1) is 73.4. The second-order valence-electron chi connectivity index (χ2n) is 37.1. The van der Waals surface area contributed by atoms with Crippen LogP contribution in [0.3, 0.4) is 0 Å². The quantitative estimate of drug-likeness (QED) is 0.0638. The van der Waals surface area contributed by atoms with Gasteiger partial charge in [0, 0.05) is 147 Å². The summed E-state index contributed by atoms with van der Waals surface area (Å²) < 4.78 is 7.13. The Morgan fingerprint density at radius 3 is 0.426 bits per heavy atom. The van der Waals surface area contributed by atoms with Crippen LogP contribution in [0.1, 0.15) is 0 Å². The van der Waals surface area contributed by atoms with Gasteiger partial charge >= 0.3 is 0 Å². The Bertz CT molecular complexity index is 8890. The van der Waals surface area contributed by atoms with Gasteiger partial charge in [0.2, 0.25) is 0 Å². The normalized spacial score (nSPS) is 11.4. The number of nitrogens with zero attached hydrogens (tertiary/aromatic N) is 7. The van der Waals surface area contributed by atoms with Crippen LogP contribution in [-0.4, -0.2) is 13.7 Å². The predicted octanol–water partition coefficient (Wildman–Crippen LogP) is 40.1. The minimum Gasteiger partial charge on any atom is -0.311 e. The fourth-order valence-electron chi connectivity index (χ4n) is 21.1.